The number of carbonyl (C=O) groups excluding carboxylic acids is 1. The molecule has 0 amide bonds. The van der Waals surface area contributed by atoms with Crippen LogP contribution in [0.1, 0.15) is 41.3 Å². The highest BCUT2D eigenvalue weighted by molar-refractivity contribution is 5.97. The van der Waals surface area contributed by atoms with E-state index in [1.165, 1.54) is 19.9 Å². The van der Waals surface area contributed by atoms with Crippen molar-refractivity contribution in [1.29, 1.82) is 0 Å². The first-order valence-corrected chi connectivity index (χ1v) is 5.44. The molecule has 0 atom stereocenters. The number of hydrogen-bond donors (Lipinski definition) is 2. The number of aliphatic hydroxyl groups is 1. The summed E-state index contributed by atoms with van der Waals surface area (Å²) in [5, 5.41) is 9.88. The van der Waals surface area contributed by atoms with E-state index in [9.17, 15) is 14.3 Å². The Balaban J connectivity index is 2.68. The summed E-state index contributed by atoms with van der Waals surface area (Å²) in [6.45, 7) is 2.87. The lowest BCUT2D eigenvalue weighted by molar-refractivity contribution is 0.101. The Morgan fingerprint density at radius 2 is 2.00 bits per heavy atom. The molecule has 0 unspecified atom stereocenters. The smallest absolute Gasteiger partial charge is 0.160 e. The van der Waals surface area contributed by atoms with Gasteiger partial charge in [0.2, 0.25) is 0 Å². The van der Waals surface area contributed by atoms with Crippen LogP contribution in [0.5, 0.6) is 0 Å². The van der Waals surface area contributed by atoms with E-state index in [-0.39, 0.29) is 33.9 Å². The molecule has 1 aliphatic rings. The number of ketones is 1. The highest BCUT2D eigenvalue weighted by Gasteiger charge is 2.23. The highest BCUT2D eigenvalue weighted by atomic mass is 19.1. The second-order valence-electron chi connectivity index (χ2n) is 4.33. The van der Waals surface area contributed by atoms with Crippen LogP contribution in [-0.4, -0.2) is 10.9 Å². The average Bonchev–Trinajstić information content (AvgIpc) is 3.08. The quantitative estimate of drug-likeness (QED) is 0.470. The van der Waals surface area contributed by atoms with Gasteiger partial charge in [-0.25, -0.2) is 4.39 Å². The van der Waals surface area contributed by atoms with Crippen molar-refractivity contribution in [1.82, 2.24) is 0 Å². The number of rotatable bonds is 2. The number of nitrogens with two attached hydrogens (primary N) is 1. The third-order valence-electron chi connectivity index (χ3n) is 3.02. The zero-order chi connectivity index (χ0) is 12.7. The molecule has 0 radical (unpaired) electrons. The van der Waals surface area contributed by atoms with Gasteiger partial charge in [0.1, 0.15) is 11.6 Å². The van der Waals surface area contributed by atoms with E-state index in [0.717, 1.165) is 18.4 Å². The zero-order valence-electron chi connectivity index (χ0n) is 9.80. The molecule has 90 valence electrons. The number of Topliss-reactive ketones (excluding diaryl/α,β-unsaturated/α-hetero) is 1. The maximum atomic E-state index is 13.8. The fraction of sp³-hybridized carbons (Fsp3) is 0.308. The number of hydrogen-bond acceptors (Lipinski definition) is 3. The van der Waals surface area contributed by atoms with Gasteiger partial charge in [-0.3, -0.25) is 4.79 Å². The lowest BCUT2D eigenvalue weighted by Gasteiger charge is -2.11. The third kappa shape index (κ3) is 1.90. The lowest BCUT2D eigenvalue weighted by atomic mass is 9.98. The van der Waals surface area contributed by atoms with Gasteiger partial charge in [0.05, 0.1) is 5.69 Å². The summed E-state index contributed by atoms with van der Waals surface area (Å²) in [6, 6.07) is 1.47. The molecular formula is C13H14FNO2. The fourth-order valence-corrected chi connectivity index (χ4v) is 1.82. The van der Waals surface area contributed by atoms with Gasteiger partial charge in [0.15, 0.2) is 5.78 Å². The Kier molecular flexibility index (Phi) is 2.65. The molecule has 3 nitrogen and oxygen atoms in total. The van der Waals surface area contributed by atoms with Crippen LogP contribution in [0, 0.1) is 12.7 Å². The molecular weight excluding hydrogens is 221 g/mol. The van der Waals surface area contributed by atoms with E-state index in [2.05, 4.69) is 0 Å². The van der Waals surface area contributed by atoms with Gasteiger partial charge in [-0.05, 0) is 43.9 Å². The van der Waals surface area contributed by atoms with Crippen molar-refractivity contribution < 1.29 is 14.3 Å². The van der Waals surface area contributed by atoms with Crippen LogP contribution in [0.4, 0.5) is 10.1 Å². The van der Waals surface area contributed by atoms with E-state index in [1.54, 1.807) is 0 Å². The van der Waals surface area contributed by atoms with Crippen molar-refractivity contribution in [3.63, 3.8) is 0 Å². The number of halogens is 1. The minimum absolute atomic E-state index is 0.0175. The van der Waals surface area contributed by atoms with Gasteiger partial charge in [0.25, 0.3) is 0 Å². The maximum absolute atomic E-state index is 13.8. The first kappa shape index (κ1) is 11.6. The minimum Gasteiger partial charge on any atom is -0.507 e. The minimum atomic E-state index is -0.625. The summed E-state index contributed by atoms with van der Waals surface area (Å²) in [4.78, 5) is 11.4. The number of anilines is 1. The number of nitrogen functional groups attached to an aromatic ring is 1. The Morgan fingerprint density at radius 3 is 2.47 bits per heavy atom. The van der Waals surface area contributed by atoms with E-state index in [1.807, 2.05) is 0 Å². The van der Waals surface area contributed by atoms with Crippen molar-refractivity contribution in [2.24, 2.45) is 0 Å². The highest BCUT2D eigenvalue weighted by Crippen LogP contribution is 2.38. The number of benzene rings is 1. The first-order chi connectivity index (χ1) is 7.93. The summed E-state index contributed by atoms with van der Waals surface area (Å²) in [5.74, 6) is -0.847. The molecule has 0 saturated heterocycles. The summed E-state index contributed by atoms with van der Waals surface area (Å²) >= 11 is 0. The van der Waals surface area contributed by atoms with Gasteiger partial charge in [-0.15, -0.1) is 0 Å². The summed E-state index contributed by atoms with van der Waals surface area (Å²) in [5.41, 5.74) is 7.12. The number of aliphatic hydroxyl groups excluding tert-OH is 1. The van der Waals surface area contributed by atoms with Gasteiger partial charge in [-0.1, -0.05) is 0 Å². The predicted octanol–water partition coefficient (Wildman–Crippen LogP) is 2.98. The summed E-state index contributed by atoms with van der Waals surface area (Å²) in [7, 11) is 0. The van der Waals surface area contributed by atoms with E-state index in [0.29, 0.717) is 0 Å². The molecule has 1 saturated carbocycles. The van der Waals surface area contributed by atoms with Crippen LogP contribution < -0.4 is 5.73 Å². The molecule has 2 rings (SSSR count). The van der Waals surface area contributed by atoms with Crippen LogP contribution in [0.15, 0.2) is 11.6 Å². The van der Waals surface area contributed by atoms with Gasteiger partial charge in [0, 0.05) is 11.1 Å². The lowest BCUT2D eigenvalue weighted by Crippen LogP contribution is -2.06. The molecule has 0 bridgehead atoms. The normalized spacial score (nSPS) is 13.7. The van der Waals surface area contributed by atoms with Crippen molar-refractivity contribution >= 4 is 17.2 Å². The molecule has 1 aromatic rings. The third-order valence-corrected chi connectivity index (χ3v) is 3.02. The Bertz CT molecular complexity index is 541. The molecule has 17 heavy (non-hydrogen) atoms. The largest absolute Gasteiger partial charge is 0.507 e. The Hall–Kier alpha value is -1.84. The molecule has 0 spiro atoms. The Morgan fingerprint density at radius 1 is 1.41 bits per heavy atom. The molecule has 0 aliphatic heterocycles. The zero-order valence-corrected chi connectivity index (χ0v) is 9.80. The molecule has 1 aliphatic carbocycles. The molecule has 1 fully saturated rings. The van der Waals surface area contributed by atoms with E-state index >= 15 is 0 Å². The molecule has 4 heteroatoms. The SMILES string of the molecule is CC(=O)c1cc(C(O)=C2CC2)c(N)c(F)c1C. The van der Waals surface area contributed by atoms with Gasteiger partial charge < -0.3 is 10.8 Å². The standard InChI is InChI=1S/C13H14FNO2/c1-6-9(7(2)16)5-10(12(15)11(6)14)13(17)8-3-4-8/h5,17H,3-4,15H2,1-2H3. The predicted molar refractivity (Wildman–Crippen MR) is 64.3 cm³/mol. The second kappa shape index (κ2) is 3.87. The Labute approximate surface area is 98.8 Å². The van der Waals surface area contributed by atoms with Crippen molar-refractivity contribution in [3.8, 4) is 0 Å². The van der Waals surface area contributed by atoms with E-state index in [4.69, 9.17) is 5.73 Å². The second-order valence-corrected chi connectivity index (χ2v) is 4.33. The monoisotopic (exact) mass is 235 g/mol. The number of carbonyl (C=O) groups is 1. The van der Waals surface area contributed by atoms with Gasteiger partial charge >= 0.3 is 0 Å². The fourth-order valence-electron chi connectivity index (χ4n) is 1.82. The number of allylic oxidation sites excluding steroid dienone is 1. The first-order valence-electron chi connectivity index (χ1n) is 5.44. The van der Waals surface area contributed by atoms with Crippen LogP contribution in [0.3, 0.4) is 0 Å². The molecule has 1 aromatic carbocycles. The van der Waals surface area contributed by atoms with Crippen molar-refractivity contribution in [2.45, 2.75) is 26.7 Å². The topological polar surface area (TPSA) is 63.3 Å². The molecule has 3 N–H and O–H groups in total. The summed E-state index contributed by atoms with van der Waals surface area (Å²) in [6.07, 6.45) is 1.60. The van der Waals surface area contributed by atoms with Crippen molar-refractivity contribution in [2.75, 3.05) is 5.73 Å². The maximum Gasteiger partial charge on any atom is 0.160 e. The van der Waals surface area contributed by atoms with Crippen LogP contribution in [0.2, 0.25) is 0 Å². The van der Waals surface area contributed by atoms with Crippen molar-refractivity contribution in [3.05, 3.63) is 34.1 Å². The summed E-state index contributed by atoms with van der Waals surface area (Å²) < 4.78 is 13.8. The van der Waals surface area contributed by atoms with Crippen LogP contribution in [-0.2, 0) is 0 Å². The van der Waals surface area contributed by atoms with Crippen LogP contribution in [0.25, 0.3) is 5.76 Å². The van der Waals surface area contributed by atoms with E-state index < -0.39 is 5.82 Å². The average molecular weight is 235 g/mol. The molecule has 0 heterocycles. The molecule has 0 aromatic heterocycles. The van der Waals surface area contributed by atoms with Crippen LogP contribution >= 0.6 is 0 Å². The van der Waals surface area contributed by atoms with Gasteiger partial charge in [-0.2, -0.15) is 0 Å².